The van der Waals surface area contributed by atoms with Gasteiger partial charge in [-0.15, -0.1) is 0 Å². The van der Waals surface area contributed by atoms with Crippen LogP contribution in [0.4, 0.5) is 0 Å². The smallest absolute Gasteiger partial charge is 0.228 e. The number of ether oxygens (including phenoxy) is 1. The number of hydrogen-bond donors (Lipinski definition) is 1. The summed E-state index contributed by atoms with van der Waals surface area (Å²) in [5, 5.41) is 2.92. The second kappa shape index (κ2) is 8.29. The molecule has 26 heavy (non-hydrogen) atoms. The van der Waals surface area contributed by atoms with Gasteiger partial charge in [0.25, 0.3) is 0 Å². The summed E-state index contributed by atoms with van der Waals surface area (Å²) in [7, 11) is 1.64. The molecular formula is C20H21N3O3. The van der Waals surface area contributed by atoms with Crippen LogP contribution in [0.25, 0.3) is 11.5 Å². The van der Waals surface area contributed by atoms with Crippen LogP contribution in [0.5, 0.6) is 5.75 Å². The second-order valence-corrected chi connectivity index (χ2v) is 5.89. The Morgan fingerprint density at radius 1 is 1.27 bits per heavy atom. The highest BCUT2D eigenvalue weighted by Crippen LogP contribution is 2.21. The molecule has 0 atom stereocenters. The highest BCUT2D eigenvalue weighted by Gasteiger charge is 2.14. The van der Waals surface area contributed by atoms with E-state index in [1.54, 1.807) is 19.5 Å². The summed E-state index contributed by atoms with van der Waals surface area (Å²) in [6.45, 7) is 2.37. The van der Waals surface area contributed by atoms with Crippen molar-refractivity contribution >= 4 is 5.91 Å². The minimum absolute atomic E-state index is 0.0815. The predicted molar refractivity (Wildman–Crippen MR) is 97.9 cm³/mol. The molecule has 134 valence electrons. The number of aromatic nitrogens is 2. The van der Waals surface area contributed by atoms with Crippen molar-refractivity contribution < 1.29 is 13.9 Å². The van der Waals surface area contributed by atoms with E-state index in [1.807, 2.05) is 43.3 Å². The van der Waals surface area contributed by atoms with Crippen molar-refractivity contribution in [1.82, 2.24) is 15.3 Å². The van der Waals surface area contributed by atoms with Gasteiger partial charge >= 0.3 is 0 Å². The number of benzene rings is 1. The summed E-state index contributed by atoms with van der Waals surface area (Å²) in [5.74, 6) is 1.86. The maximum atomic E-state index is 12.2. The predicted octanol–water partition coefficient (Wildman–Crippen LogP) is 2.96. The van der Waals surface area contributed by atoms with Crippen LogP contribution >= 0.6 is 0 Å². The SMILES string of the molecule is COc1cccc(CCNC(=O)Cc2nc(-c3cccnc3)oc2C)c1. The van der Waals surface area contributed by atoms with E-state index in [4.69, 9.17) is 9.15 Å². The minimum atomic E-state index is -0.0815. The van der Waals surface area contributed by atoms with Crippen LogP contribution in [0.1, 0.15) is 17.0 Å². The number of pyridine rings is 1. The van der Waals surface area contributed by atoms with E-state index < -0.39 is 0 Å². The molecule has 3 aromatic rings. The summed E-state index contributed by atoms with van der Waals surface area (Å²) in [4.78, 5) is 20.7. The first kappa shape index (κ1) is 17.7. The lowest BCUT2D eigenvalue weighted by molar-refractivity contribution is -0.120. The summed E-state index contributed by atoms with van der Waals surface area (Å²) >= 11 is 0. The lowest BCUT2D eigenvalue weighted by Gasteiger charge is -2.06. The molecule has 0 saturated heterocycles. The minimum Gasteiger partial charge on any atom is -0.497 e. The van der Waals surface area contributed by atoms with Gasteiger partial charge in [0.1, 0.15) is 11.5 Å². The summed E-state index contributed by atoms with van der Waals surface area (Å²) in [6, 6.07) is 11.5. The van der Waals surface area contributed by atoms with Gasteiger partial charge in [-0.05, 0) is 43.2 Å². The third-order valence-corrected chi connectivity index (χ3v) is 4.00. The Bertz CT molecular complexity index is 875. The average Bonchev–Trinajstić information content (AvgIpc) is 3.03. The molecule has 1 N–H and O–H groups in total. The molecule has 0 spiro atoms. The summed E-state index contributed by atoms with van der Waals surface area (Å²) < 4.78 is 10.9. The van der Waals surface area contributed by atoms with Gasteiger partial charge in [-0.1, -0.05) is 12.1 Å². The van der Waals surface area contributed by atoms with Gasteiger partial charge in [-0.2, -0.15) is 0 Å². The van der Waals surface area contributed by atoms with Gasteiger partial charge < -0.3 is 14.5 Å². The molecular weight excluding hydrogens is 330 g/mol. The molecule has 3 rings (SSSR count). The van der Waals surface area contributed by atoms with Gasteiger partial charge in [0.2, 0.25) is 11.8 Å². The van der Waals surface area contributed by atoms with Gasteiger partial charge in [-0.3, -0.25) is 9.78 Å². The monoisotopic (exact) mass is 351 g/mol. The van der Waals surface area contributed by atoms with Crippen LogP contribution in [0.15, 0.2) is 53.2 Å². The number of amides is 1. The Hall–Kier alpha value is -3.15. The Morgan fingerprint density at radius 3 is 2.92 bits per heavy atom. The highest BCUT2D eigenvalue weighted by molar-refractivity contribution is 5.78. The van der Waals surface area contributed by atoms with E-state index in [-0.39, 0.29) is 12.3 Å². The Morgan fingerprint density at radius 2 is 2.15 bits per heavy atom. The lowest BCUT2D eigenvalue weighted by atomic mass is 10.1. The molecule has 0 aliphatic rings. The van der Waals surface area contributed by atoms with Crippen LogP contribution in [0.2, 0.25) is 0 Å². The molecule has 0 fully saturated rings. The molecule has 1 amide bonds. The van der Waals surface area contributed by atoms with Crippen LogP contribution < -0.4 is 10.1 Å². The number of methoxy groups -OCH3 is 1. The first-order valence-electron chi connectivity index (χ1n) is 8.42. The number of nitrogens with one attached hydrogen (secondary N) is 1. The average molecular weight is 351 g/mol. The Kier molecular flexibility index (Phi) is 5.63. The molecule has 0 saturated carbocycles. The van der Waals surface area contributed by atoms with E-state index >= 15 is 0 Å². The number of oxazole rings is 1. The topological polar surface area (TPSA) is 77.2 Å². The Balaban J connectivity index is 1.54. The fraction of sp³-hybridized carbons (Fsp3) is 0.250. The largest absolute Gasteiger partial charge is 0.497 e. The zero-order chi connectivity index (χ0) is 18.4. The van der Waals surface area contributed by atoms with Crippen LogP contribution in [-0.2, 0) is 17.6 Å². The summed E-state index contributed by atoms with van der Waals surface area (Å²) in [6.07, 6.45) is 4.30. The van der Waals surface area contributed by atoms with Crippen LogP contribution in [0.3, 0.4) is 0 Å². The molecule has 1 aromatic carbocycles. The maximum absolute atomic E-state index is 12.2. The molecule has 0 aliphatic heterocycles. The van der Waals surface area contributed by atoms with E-state index in [9.17, 15) is 4.79 Å². The fourth-order valence-electron chi connectivity index (χ4n) is 2.59. The van der Waals surface area contributed by atoms with E-state index in [2.05, 4.69) is 15.3 Å². The maximum Gasteiger partial charge on any atom is 0.228 e. The number of rotatable bonds is 7. The van der Waals surface area contributed by atoms with Crippen molar-refractivity contribution in [3.8, 4) is 17.2 Å². The van der Waals surface area contributed by atoms with Gasteiger partial charge in [0.05, 0.1) is 24.8 Å². The highest BCUT2D eigenvalue weighted by atomic mass is 16.5. The number of aryl methyl sites for hydroxylation is 1. The quantitative estimate of drug-likeness (QED) is 0.708. The molecule has 6 nitrogen and oxygen atoms in total. The summed E-state index contributed by atoms with van der Waals surface area (Å²) in [5.41, 5.74) is 2.55. The van der Waals surface area contributed by atoms with Crippen LogP contribution in [-0.4, -0.2) is 29.5 Å². The van der Waals surface area contributed by atoms with Gasteiger partial charge in [-0.25, -0.2) is 4.98 Å². The van der Waals surface area contributed by atoms with Crippen molar-refractivity contribution in [3.63, 3.8) is 0 Å². The van der Waals surface area contributed by atoms with Gasteiger partial charge in [0, 0.05) is 18.9 Å². The second-order valence-electron chi connectivity index (χ2n) is 5.89. The third kappa shape index (κ3) is 4.47. The zero-order valence-electron chi connectivity index (χ0n) is 14.9. The first-order valence-corrected chi connectivity index (χ1v) is 8.42. The molecule has 0 unspecified atom stereocenters. The van der Waals surface area contributed by atoms with Crippen molar-refractivity contribution in [2.24, 2.45) is 0 Å². The molecule has 0 bridgehead atoms. The van der Waals surface area contributed by atoms with Crippen molar-refractivity contribution in [2.75, 3.05) is 13.7 Å². The third-order valence-electron chi connectivity index (χ3n) is 4.00. The molecule has 2 aromatic heterocycles. The van der Waals surface area contributed by atoms with Crippen molar-refractivity contribution in [1.29, 1.82) is 0 Å². The van der Waals surface area contributed by atoms with Gasteiger partial charge in [0.15, 0.2) is 0 Å². The van der Waals surface area contributed by atoms with E-state index in [1.165, 1.54) is 0 Å². The van der Waals surface area contributed by atoms with E-state index in [0.29, 0.717) is 23.9 Å². The van der Waals surface area contributed by atoms with Crippen LogP contribution in [0, 0.1) is 6.92 Å². The fourth-order valence-corrected chi connectivity index (χ4v) is 2.59. The molecule has 0 aliphatic carbocycles. The molecule has 6 heteroatoms. The van der Waals surface area contributed by atoms with E-state index in [0.717, 1.165) is 23.3 Å². The van der Waals surface area contributed by atoms with Crippen molar-refractivity contribution in [3.05, 3.63) is 65.8 Å². The first-order chi connectivity index (χ1) is 12.7. The normalized spacial score (nSPS) is 10.5. The van der Waals surface area contributed by atoms with Crippen molar-refractivity contribution in [2.45, 2.75) is 19.8 Å². The zero-order valence-corrected chi connectivity index (χ0v) is 14.9. The lowest BCUT2D eigenvalue weighted by Crippen LogP contribution is -2.27. The number of carbonyl (C=O) groups excluding carboxylic acids is 1. The molecule has 0 radical (unpaired) electrons. The number of hydrogen-bond acceptors (Lipinski definition) is 5. The number of nitrogens with zero attached hydrogens (tertiary/aromatic N) is 2. The number of carbonyl (C=O) groups is 1. The standard InChI is InChI=1S/C20H21N3O3/c1-14-18(23-20(26-14)16-6-4-9-21-13-16)12-19(24)22-10-8-15-5-3-7-17(11-15)25-2/h3-7,9,11,13H,8,10,12H2,1-2H3,(H,22,24). The molecule has 2 heterocycles. The Labute approximate surface area is 152 Å².